The van der Waals surface area contributed by atoms with Crippen LogP contribution in [0.4, 0.5) is 0 Å². The minimum Gasteiger partial charge on any atom is -0.392 e. The maximum atomic E-state index is 9.82. The minimum atomic E-state index is -0.218. The molecule has 0 bridgehead atoms. The smallest absolute Gasteiger partial charge is 0.0687 e. The monoisotopic (exact) mass is 186 g/mol. The molecule has 1 N–H and O–H groups in total. The third kappa shape index (κ3) is 1.60. The fourth-order valence-corrected chi connectivity index (χ4v) is 2.04. The molecule has 0 amide bonds. The van der Waals surface area contributed by atoms with Crippen LogP contribution in [0.1, 0.15) is 26.7 Å². The van der Waals surface area contributed by atoms with E-state index in [0.29, 0.717) is 13.2 Å². The van der Waals surface area contributed by atoms with Gasteiger partial charge in [-0.2, -0.15) is 0 Å². The van der Waals surface area contributed by atoms with E-state index in [9.17, 15) is 5.11 Å². The van der Waals surface area contributed by atoms with Crippen molar-refractivity contribution in [3.05, 3.63) is 0 Å². The molecule has 76 valence electrons. The van der Waals surface area contributed by atoms with Gasteiger partial charge in [0.25, 0.3) is 0 Å². The van der Waals surface area contributed by atoms with Crippen molar-refractivity contribution < 1.29 is 14.6 Å². The van der Waals surface area contributed by atoms with Gasteiger partial charge < -0.3 is 14.6 Å². The Morgan fingerprint density at radius 2 is 2.38 bits per heavy atom. The van der Waals surface area contributed by atoms with E-state index in [1.165, 1.54) is 0 Å². The summed E-state index contributed by atoms with van der Waals surface area (Å²) < 4.78 is 11.1. The summed E-state index contributed by atoms with van der Waals surface area (Å²) in [6.45, 7) is 5.39. The molecule has 1 heterocycles. The fourth-order valence-electron chi connectivity index (χ4n) is 2.04. The minimum absolute atomic E-state index is 0.0531. The van der Waals surface area contributed by atoms with Crippen LogP contribution in [0.2, 0.25) is 0 Å². The van der Waals surface area contributed by atoms with Crippen LogP contribution in [0.15, 0.2) is 0 Å². The fraction of sp³-hybridized carbons (Fsp3) is 1.00. The normalized spacial score (nSPS) is 43.4. The number of hydrogen-bond donors (Lipinski definition) is 1. The van der Waals surface area contributed by atoms with E-state index in [4.69, 9.17) is 9.47 Å². The lowest BCUT2D eigenvalue weighted by molar-refractivity contribution is -0.0800. The number of aliphatic hydroxyl groups excluding tert-OH is 1. The maximum Gasteiger partial charge on any atom is 0.0687 e. The number of rotatable bonds is 3. The molecule has 2 fully saturated rings. The molecule has 1 saturated carbocycles. The first-order valence-electron chi connectivity index (χ1n) is 5.06. The number of ether oxygens (including phenoxy) is 2. The van der Waals surface area contributed by atoms with Crippen LogP contribution in [-0.2, 0) is 9.47 Å². The number of aliphatic hydroxyl groups is 1. The largest absolute Gasteiger partial charge is 0.392 e. The first kappa shape index (κ1) is 9.44. The molecule has 1 aliphatic heterocycles. The van der Waals surface area contributed by atoms with E-state index in [1.807, 2.05) is 13.8 Å². The van der Waals surface area contributed by atoms with E-state index in [1.54, 1.807) is 0 Å². The molecule has 2 aliphatic rings. The van der Waals surface area contributed by atoms with Crippen molar-refractivity contribution in [1.82, 2.24) is 0 Å². The summed E-state index contributed by atoms with van der Waals surface area (Å²) >= 11 is 0. The van der Waals surface area contributed by atoms with Gasteiger partial charge in [0.1, 0.15) is 0 Å². The van der Waals surface area contributed by atoms with E-state index in [0.717, 1.165) is 12.8 Å². The van der Waals surface area contributed by atoms with Gasteiger partial charge in [-0.1, -0.05) is 0 Å². The van der Waals surface area contributed by atoms with Crippen LogP contribution in [-0.4, -0.2) is 36.6 Å². The lowest BCUT2D eigenvalue weighted by atomic mass is 9.95. The summed E-state index contributed by atoms with van der Waals surface area (Å²) in [5.41, 5.74) is -0.0531. The highest BCUT2D eigenvalue weighted by atomic mass is 16.5. The molecule has 0 spiro atoms. The summed E-state index contributed by atoms with van der Waals surface area (Å²) in [6, 6.07) is 0. The van der Waals surface area contributed by atoms with Crippen LogP contribution in [0.3, 0.4) is 0 Å². The van der Waals surface area contributed by atoms with E-state index >= 15 is 0 Å². The molecule has 0 radical (unpaired) electrons. The van der Waals surface area contributed by atoms with Crippen LogP contribution in [0, 0.1) is 5.41 Å². The topological polar surface area (TPSA) is 38.7 Å². The highest BCUT2D eigenvalue weighted by molar-refractivity contribution is 5.10. The zero-order chi connectivity index (χ0) is 9.47. The van der Waals surface area contributed by atoms with Crippen LogP contribution in [0.5, 0.6) is 0 Å². The average molecular weight is 186 g/mol. The van der Waals surface area contributed by atoms with Crippen molar-refractivity contribution in [2.75, 3.05) is 13.2 Å². The zero-order valence-electron chi connectivity index (χ0n) is 8.32. The molecule has 0 aromatic carbocycles. The Kier molecular flexibility index (Phi) is 2.34. The standard InChI is InChI=1S/C10H18O3/c1-7(2)13-6-10-5-9(10)12-4-3-8(10)11/h7-9,11H,3-6H2,1-2H3. The predicted octanol–water partition coefficient (Wildman–Crippen LogP) is 0.951. The van der Waals surface area contributed by atoms with Crippen molar-refractivity contribution in [2.45, 2.75) is 45.0 Å². The molecule has 13 heavy (non-hydrogen) atoms. The van der Waals surface area contributed by atoms with Crippen LogP contribution >= 0.6 is 0 Å². The molecular weight excluding hydrogens is 168 g/mol. The van der Waals surface area contributed by atoms with Crippen molar-refractivity contribution in [2.24, 2.45) is 5.41 Å². The molecule has 3 atom stereocenters. The summed E-state index contributed by atoms with van der Waals surface area (Å²) in [6.07, 6.45) is 2.02. The van der Waals surface area contributed by atoms with Crippen molar-refractivity contribution in [3.8, 4) is 0 Å². The van der Waals surface area contributed by atoms with Gasteiger partial charge in [-0.15, -0.1) is 0 Å². The Labute approximate surface area is 79.0 Å². The quantitative estimate of drug-likeness (QED) is 0.713. The van der Waals surface area contributed by atoms with E-state index in [-0.39, 0.29) is 23.7 Å². The van der Waals surface area contributed by atoms with Gasteiger partial charge in [0.2, 0.25) is 0 Å². The third-order valence-corrected chi connectivity index (χ3v) is 3.11. The first-order chi connectivity index (χ1) is 6.15. The van der Waals surface area contributed by atoms with Gasteiger partial charge in [-0.3, -0.25) is 0 Å². The maximum absolute atomic E-state index is 9.82. The first-order valence-corrected chi connectivity index (χ1v) is 5.06. The SMILES string of the molecule is CC(C)OCC12CC1OCCC2O. The molecule has 3 heteroatoms. The van der Waals surface area contributed by atoms with Crippen LogP contribution < -0.4 is 0 Å². The van der Waals surface area contributed by atoms with Gasteiger partial charge in [-0.25, -0.2) is 0 Å². The van der Waals surface area contributed by atoms with Gasteiger partial charge in [0, 0.05) is 12.0 Å². The summed E-state index contributed by atoms with van der Waals surface area (Å²) in [5, 5.41) is 9.82. The van der Waals surface area contributed by atoms with Gasteiger partial charge >= 0.3 is 0 Å². The highest BCUT2D eigenvalue weighted by Gasteiger charge is 2.62. The molecule has 1 aliphatic carbocycles. The second-order valence-electron chi connectivity index (χ2n) is 4.46. The predicted molar refractivity (Wildman–Crippen MR) is 48.5 cm³/mol. The van der Waals surface area contributed by atoms with Gasteiger partial charge in [-0.05, 0) is 26.7 Å². The molecule has 1 saturated heterocycles. The van der Waals surface area contributed by atoms with E-state index < -0.39 is 0 Å². The van der Waals surface area contributed by atoms with Crippen LogP contribution in [0.25, 0.3) is 0 Å². The third-order valence-electron chi connectivity index (χ3n) is 3.11. The summed E-state index contributed by atoms with van der Waals surface area (Å²) in [5.74, 6) is 0. The number of fused-ring (bicyclic) bond motifs is 1. The van der Waals surface area contributed by atoms with Crippen molar-refractivity contribution >= 4 is 0 Å². The Morgan fingerprint density at radius 3 is 3.00 bits per heavy atom. The lowest BCUT2D eigenvalue weighted by Crippen LogP contribution is -2.36. The number of hydrogen-bond acceptors (Lipinski definition) is 3. The Balaban J connectivity index is 1.89. The van der Waals surface area contributed by atoms with Crippen molar-refractivity contribution in [1.29, 1.82) is 0 Å². The second-order valence-corrected chi connectivity index (χ2v) is 4.46. The molecule has 0 aromatic heterocycles. The second kappa shape index (κ2) is 3.23. The zero-order valence-corrected chi connectivity index (χ0v) is 8.32. The highest BCUT2D eigenvalue weighted by Crippen LogP contribution is 2.54. The average Bonchev–Trinajstić information content (AvgIpc) is 2.78. The summed E-state index contributed by atoms with van der Waals surface area (Å²) in [4.78, 5) is 0. The van der Waals surface area contributed by atoms with Gasteiger partial charge in [0.15, 0.2) is 0 Å². The van der Waals surface area contributed by atoms with Crippen molar-refractivity contribution in [3.63, 3.8) is 0 Å². The lowest BCUT2D eigenvalue weighted by Gasteiger charge is -2.28. The molecule has 3 unspecified atom stereocenters. The molecule has 3 nitrogen and oxygen atoms in total. The molecular formula is C10H18O3. The Hall–Kier alpha value is -0.120. The summed E-state index contributed by atoms with van der Waals surface area (Å²) in [7, 11) is 0. The van der Waals surface area contributed by atoms with E-state index in [2.05, 4.69) is 0 Å². The molecule has 2 rings (SSSR count). The Morgan fingerprint density at radius 1 is 1.62 bits per heavy atom. The van der Waals surface area contributed by atoms with Gasteiger partial charge in [0.05, 0.1) is 24.9 Å². The Bertz CT molecular complexity index is 193. The molecule has 0 aromatic rings.